The highest BCUT2D eigenvalue weighted by molar-refractivity contribution is 8.00. The van der Waals surface area contributed by atoms with Gasteiger partial charge in [0.2, 0.25) is 11.8 Å². The molecule has 1 aliphatic rings. The van der Waals surface area contributed by atoms with Gasteiger partial charge in [-0.05, 0) is 12.2 Å². The molecule has 1 atom stereocenters. The van der Waals surface area contributed by atoms with E-state index in [1.165, 1.54) is 11.8 Å². The Hall–Kier alpha value is -1.17. The predicted molar refractivity (Wildman–Crippen MR) is 81.6 cm³/mol. The molecule has 2 amide bonds. The highest BCUT2D eigenvalue weighted by Gasteiger charge is 2.37. The Kier molecular flexibility index (Phi) is 13.6. The molecule has 1 heterocycles. The summed E-state index contributed by atoms with van der Waals surface area (Å²) in [5.41, 5.74) is 0. The lowest BCUT2D eigenvalue weighted by molar-refractivity contribution is -0.139. The third-order valence-electron chi connectivity index (χ3n) is 2.50. The number of thioether (sulfide) groups is 1. The van der Waals surface area contributed by atoms with Crippen LogP contribution in [-0.4, -0.2) is 46.8 Å². The highest BCUT2D eigenvalue weighted by Crippen LogP contribution is 2.24. The summed E-state index contributed by atoms with van der Waals surface area (Å²) in [6.45, 7) is 3.91. The van der Waals surface area contributed by atoms with Gasteiger partial charge in [-0.1, -0.05) is 27.7 Å². The quantitative estimate of drug-likeness (QED) is 0.409. The number of hydrogen-bond donors (Lipinski definition) is 0. The van der Waals surface area contributed by atoms with Gasteiger partial charge in [0.05, 0.1) is 11.8 Å². The number of aldehydes is 2. The largest absolute Gasteiger partial charge is 0.303 e. The molecule has 1 aliphatic heterocycles. The van der Waals surface area contributed by atoms with Crippen LogP contribution in [0.3, 0.4) is 0 Å². The molecule has 0 aliphatic carbocycles. The van der Waals surface area contributed by atoms with E-state index in [0.717, 1.165) is 36.2 Å². The number of hydrogen-bond acceptors (Lipinski definition) is 5. The number of unbranched alkanes of at least 4 members (excludes halogenated alkanes) is 2. The van der Waals surface area contributed by atoms with Gasteiger partial charge >= 0.3 is 0 Å². The highest BCUT2D eigenvalue weighted by atomic mass is 32.2. The first-order valence-electron chi connectivity index (χ1n) is 6.45. The summed E-state index contributed by atoms with van der Waals surface area (Å²) in [7, 11) is 0. The molecule has 5 nitrogen and oxygen atoms in total. The summed E-state index contributed by atoms with van der Waals surface area (Å²) in [5.74, 6) is 0.352. The molecule has 0 radical (unpaired) electrons. The minimum Gasteiger partial charge on any atom is -0.303 e. The van der Waals surface area contributed by atoms with Crippen molar-refractivity contribution in [3.05, 3.63) is 0 Å². The van der Waals surface area contributed by atoms with Crippen molar-refractivity contribution in [2.24, 2.45) is 0 Å². The molecule has 20 heavy (non-hydrogen) atoms. The molecule has 0 aromatic carbocycles. The molecular weight excluding hydrogens is 278 g/mol. The van der Waals surface area contributed by atoms with Gasteiger partial charge in [0.25, 0.3) is 0 Å². The van der Waals surface area contributed by atoms with Crippen LogP contribution in [-0.2, 0) is 19.2 Å². The van der Waals surface area contributed by atoms with E-state index in [0.29, 0.717) is 6.29 Å². The van der Waals surface area contributed by atoms with Crippen molar-refractivity contribution in [1.29, 1.82) is 0 Å². The van der Waals surface area contributed by atoms with Crippen molar-refractivity contribution in [3.8, 4) is 0 Å². The van der Waals surface area contributed by atoms with E-state index in [2.05, 4.69) is 6.92 Å². The maximum atomic E-state index is 11.4. The summed E-state index contributed by atoms with van der Waals surface area (Å²) in [6.07, 6.45) is 4.68. The Morgan fingerprint density at radius 1 is 1.25 bits per heavy atom. The lowest BCUT2D eigenvalue weighted by Crippen LogP contribution is -2.32. The predicted octanol–water partition coefficient (Wildman–Crippen LogP) is 2.08. The van der Waals surface area contributed by atoms with Crippen molar-refractivity contribution >= 4 is 36.1 Å². The van der Waals surface area contributed by atoms with Crippen LogP contribution in [0.5, 0.6) is 0 Å². The summed E-state index contributed by atoms with van der Waals surface area (Å²) >= 11 is 1.45. The van der Waals surface area contributed by atoms with Crippen LogP contribution in [0.4, 0.5) is 0 Å². The molecule has 0 bridgehead atoms. The summed E-state index contributed by atoms with van der Waals surface area (Å²) in [6, 6.07) is 0. The summed E-state index contributed by atoms with van der Waals surface area (Å²) in [5, 5.41) is -0.266. The zero-order valence-corrected chi connectivity index (χ0v) is 12.3. The van der Waals surface area contributed by atoms with E-state index in [1.807, 2.05) is 6.92 Å². The molecule has 1 unspecified atom stereocenters. The molecule has 0 spiro atoms. The second-order valence-corrected chi connectivity index (χ2v) is 5.45. The van der Waals surface area contributed by atoms with Crippen molar-refractivity contribution in [1.82, 2.24) is 4.90 Å². The maximum absolute atomic E-state index is 11.4. The Labute approximate surface area is 125 Å². The van der Waals surface area contributed by atoms with Gasteiger partial charge in [-0.3, -0.25) is 14.5 Å². The number of likely N-dealkylation sites (tertiary alicyclic amines) is 1. The smallest absolute Gasteiger partial charge is 0.243 e. The number of carbonyl (C=O) groups is 4. The minimum absolute atomic E-state index is 0. The monoisotopic (exact) mass is 303 g/mol. The number of nitrogens with zero attached hydrogens (tertiary/aromatic N) is 1. The average molecular weight is 303 g/mol. The van der Waals surface area contributed by atoms with Crippen LogP contribution in [0.15, 0.2) is 0 Å². The molecule has 1 rings (SSSR count). The van der Waals surface area contributed by atoms with Gasteiger partial charge in [-0.25, -0.2) is 0 Å². The molecule has 0 N–H and O–H groups in total. The first-order valence-corrected chi connectivity index (χ1v) is 7.50. The van der Waals surface area contributed by atoms with Gasteiger partial charge < -0.3 is 9.59 Å². The standard InChI is InChI=1S/C8H11NO3S.C5H10O.CH4/c1-2-13-6-5-7(11)9(3-4-10)8(6)12;1-2-3-4-5-6;/h4,6H,2-3,5H2,1H3;5H,2-4H2,1H3;1H4. The number of rotatable bonds is 7. The molecule has 6 heteroatoms. The third-order valence-corrected chi connectivity index (χ3v) is 3.61. The zero-order valence-electron chi connectivity index (χ0n) is 11.5. The molecular formula is C14H25NO4S. The topological polar surface area (TPSA) is 71.5 Å². The van der Waals surface area contributed by atoms with Crippen molar-refractivity contribution in [2.45, 2.75) is 52.2 Å². The number of imide groups is 1. The molecule has 1 fully saturated rings. The molecule has 116 valence electrons. The van der Waals surface area contributed by atoms with E-state index >= 15 is 0 Å². The van der Waals surface area contributed by atoms with Gasteiger partial charge in [0.1, 0.15) is 12.6 Å². The fourth-order valence-electron chi connectivity index (χ4n) is 1.54. The maximum Gasteiger partial charge on any atom is 0.243 e. The second-order valence-electron chi connectivity index (χ2n) is 3.97. The van der Waals surface area contributed by atoms with E-state index in [4.69, 9.17) is 0 Å². The minimum atomic E-state index is -0.266. The lowest BCUT2D eigenvalue weighted by atomic mass is 10.3. The van der Waals surface area contributed by atoms with E-state index in [-0.39, 0.29) is 37.5 Å². The molecule has 1 saturated heterocycles. The zero-order chi connectivity index (χ0) is 14.7. The van der Waals surface area contributed by atoms with E-state index in [9.17, 15) is 19.2 Å². The number of amides is 2. The van der Waals surface area contributed by atoms with Crippen LogP contribution >= 0.6 is 11.8 Å². The van der Waals surface area contributed by atoms with Crippen LogP contribution in [0.2, 0.25) is 0 Å². The fourth-order valence-corrected chi connectivity index (χ4v) is 2.47. The van der Waals surface area contributed by atoms with Crippen molar-refractivity contribution < 1.29 is 19.2 Å². The molecule has 0 aromatic heterocycles. The Morgan fingerprint density at radius 3 is 2.30 bits per heavy atom. The van der Waals surface area contributed by atoms with Gasteiger partial charge in [0, 0.05) is 12.8 Å². The van der Waals surface area contributed by atoms with Crippen LogP contribution in [0, 0.1) is 0 Å². The lowest BCUT2D eigenvalue weighted by Gasteiger charge is -2.09. The van der Waals surface area contributed by atoms with Gasteiger partial charge in [-0.2, -0.15) is 0 Å². The van der Waals surface area contributed by atoms with Crippen LogP contribution in [0.1, 0.15) is 47.0 Å². The molecule has 0 saturated carbocycles. The third kappa shape index (κ3) is 7.43. The Balaban J connectivity index is 0. The van der Waals surface area contributed by atoms with Crippen LogP contribution < -0.4 is 0 Å². The van der Waals surface area contributed by atoms with Crippen LogP contribution in [0.25, 0.3) is 0 Å². The summed E-state index contributed by atoms with van der Waals surface area (Å²) in [4.78, 5) is 43.4. The number of carbonyl (C=O) groups excluding carboxylic acids is 4. The second kappa shape index (κ2) is 12.8. The van der Waals surface area contributed by atoms with Gasteiger partial charge in [-0.15, -0.1) is 11.8 Å². The molecule has 0 aromatic rings. The first kappa shape index (κ1) is 21.1. The fraction of sp³-hybridized carbons (Fsp3) is 0.714. The van der Waals surface area contributed by atoms with Gasteiger partial charge in [0.15, 0.2) is 0 Å². The first-order chi connectivity index (χ1) is 9.12. The SMILES string of the molecule is C.CCCCC=O.CCSC1CC(=O)N(CC=O)C1=O. The van der Waals surface area contributed by atoms with E-state index in [1.54, 1.807) is 0 Å². The van der Waals surface area contributed by atoms with Crippen molar-refractivity contribution in [2.75, 3.05) is 12.3 Å². The van der Waals surface area contributed by atoms with E-state index < -0.39 is 0 Å². The van der Waals surface area contributed by atoms with Crippen molar-refractivity contribution in [3.63, 3.8) is 0 Å². The average Bonchev–Trinajstić information content (AvgIpc) is 2.66. The normalized spacial score (nSPS) is 17.1. The Morgan fingerprint density at radius 2 is 1.90 bits per heavy atom. The summed E-state index contributed by atoms with van der Waals surface area (Å²) < 4.78 is 0. The Bertz CT molecular complexity index is 320.